The maximum absolute atomic E-state index is 12.3. The van der Waals surface area contributed by atoms with Gasteiger partial charge in [0.1, 0.15) is 0 Å². The molecule has 0 spiro atoms. The normalized spacial score (nSPS) is 12.0. The van der Waals surface area contributed by atoms with Crippen molar-refractivity contribution in [3.63, 3.8) is 0 Å². The van der Waals surface area contributed by atoms with Crippen LogP contribution in [0.1, 0.15) is 39.5 Å². The Hall–Kier alpha value is -1.51. The molecule has 0 aliphatic heterocycles. The Bertz CT molecular complexity index is 793. The molecule has 0 unspecified atom stereocenters. The van der Waals surface area contributed by atoms with Gasteiger partial charge in [-0.25, -0.2) is 18.5 Å². The third kappa shape index (κ3) is 4.49. The molecule has 0 aliphatic carbocycles. The zero-order valence-corrected chi connectivity index (χ0v) is 14.8. The van der Waals surface area contributed by atoms with Gasteiger partial charge in [0.05, 0.1) is 15.1 Å². The van der Waals surface area contributed by atoms with Crippen molar-refractivity contribution in [2.24, 2.45) is 11.1 Å². The van der Waals surface area contributed by atoms with Crippen LogP contribution >= 0.6 is 11.3 Å². The molecule has 1 amide bonds. The van der Waals surface area contributed by atoms with Crippen LogP contribution in [-0.4, -0.2) is 19.3 Å². The first-order chi connectivity index (χ1) is 10.8. The second-order valence-electron chi connectivity index (χ2n) is 5.46. The van der Waals surface area contributed by atoms with Gasteiger partial charge in [0.15, 0.2) is 5.13 Å². The lowest BCUT2D eigenvalue weighted by Crippen LogP contribution is -2.22. The minimum Gasteiger partial charge on any atom is -0.302 e. The predicted octanol–water partition coefficient (Wildman–Crippen LogP) is 3.10. The largest absolute Gasteiger partial charge is 0.302 e. The van der Waals surface area contributed by atoms with Crippen LogP contribution in [0.5, 0.6) is 0 Å². The average molecular weight is 355 g/mol. The van der Waals surface area contributed by atoms with Crippen LogP contribution in [0.3, 0.4) is 0 Å². The Kier molecular flexibility index (Phi) is 5.72. The van der Waals surface area contributed by atoms with Crippen molar-refractivity contribution in [2.45, 2.75) is 44.4 Å². The molecular weight excluding hydrogens is 334 g/mol. The zero-order chi connectivity index (χ0) is 17.0. The van der Waals surface area contributed by atoms with Crippen molar-refractivity contribution in [2.75, 3.05) is 5.32 Å². The topological polar surface area (TPSA) is 102 Å². The van der Waals surface area contributed by atoms with Gasteiger partial charge in [0.2, 0.25) is 15.9 Å². The van der Waals surface area contributed by atoms with Gasteiger partial charge in [-0.15, -0.1) is 0 Å². The van der Waals surface area contributed by atoms with Crippen molar-refractivity contribution in [1.29, 1.82) is 0 Å². The Morgan fingerprint density at radius 2 is 1.96 bits per heavy atom. The van der Waals surface area contributed by atoms with Gasteiger partial charge in [-0.05, 0) is 31.0 Å². The fourth-order valence-corrected chi connectivity index (χ4v) is 3.97. The van der Waals surface area contributed by atoms with Gasteiger partial charge < -0.3 is 5.32 Å². The first kappa shape index (κ1) is 17.8. The summed E-state index contributed by atoms with van der Waals surface area (Å²) in [5.41, 5.74) is 0.639. The molecule has 0 atom stereocenters. The van der Waals surface area contributed by atoms with Crippen LogP contribution < -0.4 is 10.5 Å². The second-order valence-corrected chi connectivity index (χ2v) is 8.05. The van der Waals surface area contributed by atoms with Crippen LogP contribution in [-0.2, 0) is 14.8 Å². The number of sulfonamides is 1. The standard InChI is InChI=1S/C15H21N3O3S2/c1-3-5-10(6-4-2)14(19)18-15-17-12-8-7-11(23(16,20)21)9-13(12)22-15/h7-10H,3-6H2,1-2H3,(H2,16,20,21)(H,17,18,19). The summed E-state index contributed by atoms with van der Waals surface area (Å²) in [6.45, 7) is 4.12. The molecule has 2 aromatic rings. The Labute approximate surface area is 140 Å². The molecule has 0 bridgehead atoms. The number of carbonyl (C=O) groups excluding carboxylic acids is 1. The molecule has 0 saturated heterocycles. The molecule has 3 N–H and O–H groups in total. The number of carbonyl (C=O) groups is 1. The van der Waals surface area contributed by atoms with E-state index in [1.54, 1.807) is 6.07 Å². The molecule has 1 aromatic carbocycles. The molecule has 0 aliphatic rings. The van der Waals surface area contributed by atoms with Gasteiger partial charge in [0, 0.05) is 5.92 Å². The molecule has 0 fully saturated rings. The Balaban J connectivity index is 2.22. The summed E-state index contributed by atoms with van der Waals surface area (Å²) in [5.74, 6) is -0.0450. The zero-order valence-electron chi connectivity index (χ0n) is 13.2. The first-order valence-electron chi connectivity index (χ1n) is 7.59. The fourth-order valence-electron chi connectivity index (χ4n) is 2.45. The molecule has 1 aromatic heterocycles. The van der Waals surface area contributed by atoms with Crippen LogP contribution in [0.2, 0.25) is 0 Å². The van der Waals surface area contributed by atoms with E-state index in [9.17, 15) is 13.2 Å². The lowest BCUT2D eigenvalue weighted by atomic mass is 9.97. The number of nitrogens with two attached hydrogens (primary N) is 1. The van der Waals surface area contributed by atoms with E-state index in [4.69, 9.17) is 5.14 Å². The highest BCUT2D eigenvalue weighted by Crippen LogP contribution is 2.28. The average Bonchev–Trinajstić information content (AvgIpc) is 2.87. The van der Waals surface area contributed by atoms with E-state index in [1.807, 2.05) is 0 Å². The maximum atomic E-state index is 12.3. The number of benzene rings is 1. The third-order valence-electron chi connectivity index (χ3n) is 3.56. The van der Waals surface area contributed by atoms with E-state index in [-0.39, 0.29) is 16.7 Å². The molecule has 23 heavy (non-hydrogen) atoms. The molecule has 126 valence electrons. The smallest absolute Gasteiger partial charge is 0.238 e. The fraction of sp³-hybridized carbons (Fsp3) is 0.467. The van der Waals surface area contributed by atoms with E-state index in [1.165, 1.54) is 23.5 Å². The van der Waals surface area contributed by atoms with Crippen molar-refractivity contribution < 1.29 is 13.2 Å². The molecular formula is C15H21N3O3S2. The molecule has 0 saturated carbocycles. The van der Waals surface area contributed by atoms with Gasteiger partial charge in [-0.3, -0.25) is 4.79 Å². The molecule has 1 heterocycles. The number of thiazole rings is 1. The van der Waals surface area contributed by atoms with Crippen LogP contribution in [0.15, 0.2) is 23.1 Å². The Morgan fingerprint density at radius 1 is 1.30 bits per heavy atom. The number of fused-ring (bicyclic) bond motifs is 1. The van der Waals surface area contributed by atoms with E-state index < -0.39 is 10.0 Å². The number of hydrogen-bond donors (Lipinski definition) is 2. The minimum atomic E-state index is -3.74. The van der Waals surface area contributed by atoms with Crippen LogP contribution in [0.4, 0.5) is 5.13 Å². The number of aromatic nitrogens is 1. The van der Waals surface area contributed by atoms with Crippen molar-refractivity contribution in [3.8, 4) is 0 Å². The first-order valence-corrected chi connectivity index (χ1v) is 9.95. The highest BCUT2D eigenvalue weighted by Gasteiger charge is 2.18. The molecule has 0 radical (unpaired) electrons. The highest BCUT2D eigenvalue weighted by atomic mass is 32.2. The van der Waals surface area contributed by atoms with E-state index in [0.29, 0.717) is 15.3 Å². The number of nitrogens with one attached hydrogen (secondary N) is 1. The van der Waals surface area contributed by atoms with E-state index >= 15 is 0 Å². The summed E-state index contributed by atoms with van der Waals surface area (Å²) in [4.78, 5) is 16.7. The van der Waals surface area contributed by atoms with Crippen LogP contribution in [0, 0.1) is 5.92 Å². The monoisotopic (exact) mass is 355 g/mol. The van der Waals surface area contributed by atoms with Crippen molar-refractivity contribution >= 4 is 42.6 Å². The third-order valence-corrected chi connectivity index (χ3v) is 5.41. The maximum Gasteiger partial charge on any atom is 0.238 e. The van der Waals surface area contributed by atoms with Gasteiger partial charge >= 0.3 is 0 Å². The van der Waals surface area contributed by atoms with Gasteiger partial charge in [0.25, 0.3) is 0 Å². The quantitative estimate of drug-likeness (QED) is 0.796. The summed E-state index contributed by atoms with van der Waals surface area (Å²) >= 11 is 1.25. The van der Waals surface area contributed by atoms with Crippen molar-refractivity contribution in [1.82, 2.24) is 4.98 Å². The summed E-state index contributed by atoms with van der Waals surface area (Å²) in [7, 11) is -3.74. The number of anilines is 1. The number of primary sulfonamides is 1. The summed E-state index contributed by atoms with van der Waals surface area (Å²) in [6, 6.07) is 4.49. The summed E-state index contributed by atoms with van der Waals surface area (Å²) in [6.07, 6.45) is 3.60. The summed E-state index contributed by atoms with van der Waals surface area (Å²) in [5, 5.41) is 8.46. The van der Waals surface area contributed by atoms with Crippen LogP contribution in [0.25, 0.3) is 10.2 Å². The SMILES string of the molecule is CCCC(CCC)C(=O)Nc1nc2ccc(S(N)(=O)=O)cc2s1. The second kappa shape index (κ2) is 7.37. The number of hydrogen-bond acceptors (Lipinski definition) is 5. The number of rotatable bonds is 7. The molecule has 8 heteroatoms. The highest BCUT2D eigenvalue weighted by molar-refractivity contribution is 7.89. The van der Waals surface area contributed by atoms with Gasteiger partial charge in [-0.1, -0.05) is 38.0 Å². The van der Waals surface area contributed by atoms with E-state index in [2.05, 4.69) is 24.1 Å². The lowest BCUT2D eigenvalue weighted by molar-refractivity contribution is -0.120. The number of amides is 1. The lowest BCUT2D eigenvalue weighted by Gasteiger charge is -2.13. The van der Waals surface area contributed by atoms with Gasteiger partial charge in [-0.2, -0.15) is 0 Å². The minimum absolute atomic E-state index is 0.0167. The van der Waals surface area contributed by atoms with Crippen molar-refractivity contribution in [3.05, 3.63) is 18.2 Å². The van der Waals surface area contributed by atoms with E-state index in [0.717, 1.165) is 25.7 Å². The Morgan fingerprint density at radius 3 is 2.52 bits per heavy atom. The predicted molar refractivity (Wildman–Crippen MR) is 92.9 cm³/mol. The number of nitrogens with zero attached hydrogens (tertiary/aromatic N) is 1. The molecule has 2 rings (SSSR count). The molecule has 6 nitrogen and oxygen atoms in total. The summed E-state index contributed by atoms with van der Waals surface area (Å²) < 4.78 is 23.4.